The molecular formula is C16H23NO. The minimum absolute atomic E-state index is 0.673. The Bertz CT molecular complexity index is 359. The molecule has 2 aliphatic rings. The van der Waals surface area contributed by atoms with E-state index < -0.39 is 0 Å². The van der Waals surface area contributed by atoms with Gasteiger partial charge in [0, 0.05) is 19.8 Å². The highest BCUT2D eigenvalue weighted by Gasteiger charge is 2.33. The predicted molar refractivity (Wildman–Crippen MR) is 73.7 cm³/mol. The average molecular weight is 245 g/mol. The molecule has 0 aromatic heterocycles. The van der Waals surface area contributed by atoms with Crippen LogP contribution in [0.4, 0.5) is 0 Å². The summed E-state index contributed by atoms with van der Waals surface area (Å²) >= 11 is 0. The molecule has 0 amide bonds. The molecule has 0 bridgehead atoms. The van der Waals surface area contributed by atoms with E-state index in [1.54, 1.807) is 0 Å². The highest BCUT2D eigenvalue weighted by Crippen LogP contribution is 2.37. The molecule has 0 aliphatic carbocycles. The second kappa shape index (κ2) is 5.85. The molecule has 3 unspecified atom stereocenters. The van der Waals surface area contributed by atoms with Gasteiger partial charge in [0.2, 0.25) is 0 Å². The van der Waals surface area contributed by atoms with Crippen molar-refractivity contribution < 1.29 is 4.74 Å². The summed E-state index contributed by atoms with van der Waals surface area (Å²) in [7, 11) is 0. The minimum Gasteiger partial charge on any atom is -0.381 e. The maximum atomic E-state index is 5.70. The number of hydrogen-bond acceptors (Lipinski definition) is 2. The second-order valence-electron chi connectivity index (χ2n) is 5.65. The van der Waals surface area contributed by atoms with Gasteiger partial charge in [0.25, 0.3) is 0 Å². The van der Waals surface area contributed by atoms with Gasteiger partial charge >= 0.3 is 0 Å². The van der Waals surface area contributed by atoms with E-state index in [-0.39, 0.29) is 0 Å². The Morgan fingerprint density at radius 1 is 1.11 bits per heavy atom. The van der Waals surface area contributed by atoms with Crippen molar-refractivity contribution in [2.24, 2.45) is 11.8 Å². The van der Waals surface area contributed by atoms with Crippen molar-refractivity contribution in [3.63, 3.8) is 0 Å². The zero-order valence-corrected chi connectivity index (χ0v) is 11.0. The van der Waals surface area contributed by atoms with Crippen LogP contribution >= 0.6 is 0 Å². The maximum Gasteiger partial charge on any atom is 0.0497 e. The van der Waals surface area contributed by atoms with E-state index in [0.717, 1.165) is 31.6 Å². The molecular weight excluding hydrogens is 222 g/mol. The molecule has 2 fully saturated rings. The smallest absolute Gasteiger partial charge is 0.0497 e. The van der Waals surface area contributed by atoms with Gasteiger partial charge in [-0.3, -0.25) is 0 Å². The van der Waals surface area contributed by atoms with Crippen LogP contribution in [0.25, 0.3) is 0 Å². The van der Waals surface area contributed by atoms with Gasteiger partial charge in [0.1, 0.15) is 0 Å². The molecule has 2 heterocycles. The standard InChI is InChI=1S/C16H23NO/c1-2-5-13(6-3-1)16-11-17-9-8-15(16)14-7-4-10-18-12-14/h1-3,5-6,14-17H,4,7-12H2. The molecule has 3 rings (SSSR count). The maximum absolute atomic E-state index is 5.70. The number of hydrogen-bond donors (Lipinski definition) is 1. The summed E-state index contributed by atoms with van der Waals surface area (Å²) < 4.78 is 5.70. The fourth-order valence-electron chi connectivity index (χ4n) is 3.61. The molecule has 0 spiro atoms. The van der Waals surface area contributed by atoms with Gasteiger partial charge in [-0.05, 0) is 49.1 Å². The van der Waals surface area contributed by atoms with Crippen molar-refractivity contribution >= 4 is 0 Å². The molecule has 0 saturated carbocycles. The van der Waals surface area contributed by atoms with Crippen LogP contribution in [0, 0.1) is 11.8 Å². The summed E-state index contributed by atoms with van der Waals surface area (Å²) in [6, 6.07) is 11.0. The van der Waals surface area contributed by atoms with Crippen LogP contribution in [0.15, 0.2) is 30.3 Å². The second-order valence-corrected chi connectivity index (χ2v) is 5.65. The van der Waals surface area contributed by atoms with Gasteiger partial charge in [-0.25, -0.2) is 0 Å². The quantitative estimate of drug-likeness (QED) is 0.865. The van der Waals surface area contributed by atoms with Crippen LogP contribution in [0.5, 0.6) is 0 Å². The zero-order valence-electron chi connectivity index (χ0n) is 11.0. The summed E-state index contributed by atoms with van der Waals surface area (Å²) in [5.74, 6) is 2.24. The molecule has 2 heteroatoms. The summed E-state index contributed by atoms with van der Waals surface area (Å²) in [5, 5.41) is 3.56. The van der Waals surface area contributed by atoms with Crippen LogP contribution in [0.2, 0.25) is 0 Å². The number of benzene rings is 1. The van der Waals surface area contributed by atoms with E-state index in [1.807, 2.05) is 0 Å². The molecule has 98 valence electrons. The molecule has 0 radical (unpaired) electrons. The van der Waals surface area contributed by atoms with Crippen molar-refractivity contribution in [1.29, 1.82) is 0 Å². The normalized spacial score (nSPS) is 33.2. The molecule has 2 saturated heterocycles. The largest absolute Gasteiger partial charge is 0.381 e. The fourth-order valence-corrected chi connectivity index (χ4v) is 3.61. The molecule has 3 atom stereocenters. The van der Waals surface area contributed by atoms with Crippen molar-refractivity contribution in [2.75, 3.05) is 26.3 Å². The van der Waals surface area contributed by atoms with Crippen molar-refractivity contribution in [2.45, 2.75) is 25.2 Å². The first-order valence-electron chi connectivity index (χ1n) is 7.28. The first-order chi connectivity index (χ1) is 8.95. The highest BCUT2D eigenvalue weighted by atomic mass is 16.5. The lowest BCUT2D eigenvalue weighted by Crippen LogP contribution is -2.40. The predicted octanol–water partition coefficient (Wildman–Crippen LogP) is 2.81. The summed E-state index contributed by atoms with van der Waals surface area (Å²) in [5.41, 5.74) is 1.50. The van der Waals surface area contributed by atoms with Crippen LogP contribution in [-0.4, -0.2) is 26.3 Å². The Kier molecular flexibility index (Phi) is 3.96. The summed E-state index contributed by atoms with van der Waals surface area (Å²) in [4.78, 5) is 0. The van der Waals surface area contributed by atoms with E-state index in [1.165, 1.54) is 31.4 Å². The SMILES string of the molecule is c1ccc(C2CNCCC2C2CCCOC2)cc1. The van der Waals surface area contributed by atoms with Gasteiger partial charge in [0.15, 0.2) is 0 Å². The van der Waals surface area contributed by atoms with Gasteiger partial charge in [-0.15, -0.1) is 0 Å². The third-order valence-electron chi connectivity index (χ3n) is 4.56. The Morgan fingerprint density at radius 3 is 2.78 bits per heavy atom. The molecule has 1 N–H and O–H groups in total. The lowest BCUT2D eigenvalue weighted by atomic mass is 9.72. The molecule has 1 aromatic rings. The van der Waals surface area contributed by atoms with E-state index in [2.05, 4.69) is 35.6 Å². The van der Waals surface area contributed by atoms with Crippen LogP contribution in [0.1, 0.15) is 30.7 Å². The fraction of sp³-hybridized carbons (Fsp3) is 0.625. The number of rotatable bonds is 2. The van der Waals surface area contributed by atoms with Crippen molar-refractivity contribution in [1.82, 2.24) is 5.32 Å². The molecule has 18 heavy (non-hydrogen) atoms. The van der Waals surface area contributed by atoms with E-state index in [9.17, 15) is 0 Å². The molecule has 2 aliphatic heterocycles. The Balaban J connectivity index is 1.77. The van der Waals surface area contributed by atoms with Crippen LogP contribution < -0.4 is 5.32 Å². The van der Waals surface area contributed by atoms with Crippen molar-refractivity contribution in [3.05, 3.63) is 35.9 Å². The molecule has 2 nitrogen and oxygen atoms in total. The lowest BCUT2D eigenvalue weighted by molar-refractivity contribution is 0.0185. The van der Waals surface area contributed by atoms with Crippen molar-refractivity contribution in [3.8, 4) is 0 Å². The lowest BCUT2D eigenvalue weighted by Gasteiger charge is -2.39. The third-order valence-corrected chi connectivity index (χ3v) is 4.56. The van der Waals surface area contributed by atoms with Gasteiger partial charge in [-0.2, -0.15) is 0 Å². The average Bonchev–Trinajstić information content (AvgIpc) is 2.49. The van der Waals surface area contributed by atoms with Gasteiger partial charge in [0.05, 0.1) is 0 Å². The van der Waals surface area contributed by atoms with E-state index in [4.69, 9.17) is 4.74 Å². The topological polar surface area (TPSA) is 21.3 Å². The van der Waals surface area contributed by atoms with E-state index in [0.29, 0.717) is 5.92 Å². The highest BCUT2D eigenvalue weighted by molar-refractivity contribution is 5.21. The third kappa shape index (κ3) is 2.60. The Hall–Kier alpha value is -0.860. The number of ether oxygens (including phenoxy) is 1. The number of piperidine rings is 1. The zero-order chi connectivity index (χ0) is 12.2. The molecule has 1 aromatic carbocycles. The Morgan fingerprint density at radius 2 is 2.00 bits per heavy atom. The van der Waals surface area contributed by atoms with Gasteiger partial charge in [-0.1, -0.05) is 30.3 Å². The number of nitrogens with one attached hydrogen (secondary N) is 1. The Labute approximate surface area is 110 Å². The summed E-state index contributed by atoms with van der Waals surface area (Å²) in [6.07, 6.45) is 3.90. The van der Waals surface area contributed by atoms with Crippen LogP contribution in [0.3, 0.4) is 0 Å². The monoisotopic (exact) mass is 245 g/mol. The summed E-state index contributed by atoms with van der Waals surface area (Å²) in [6.45, 7) is 4.25. The minimum atomic E-state index is 0.673. The van der Waals surface area contributed by atoms with Gasteiger partial charge < -0.3 is 10.1 Å². The van der Waals surface area contributed by atoms with Crippen LogP contribution in [-0.2, 0) is 4.74 Å². The van der Waals surface area contributed by atoms with E-state index >= 15 is 0 Å². The first-order valence-corrected chi connectivity index (χ1v) is 7.28. The first kappa shape index (κ1) is 12.2.